The molecule has 3 heterocycles. The molecule has 0 aromatic heterocycles. The first-order valence-corrected chi connectivity index (χ1v) is 17.4. The predicted octanol–water partition coefficient (Wildman–Crippen LogP) is 10.3. The van der Waals surface area contributed by atoms with Gasteiger partial charge in [0.1, 0.15) is 0 Å². The zero-order chi connectivity index (χ0) is 39.2. The van der Waals surface area contributed by atoms with Crippen LogP contribution in [0.4, 0.5) is 58.4 Å². The van der Waals surface area contributed by atoms with Crippen molar-refractivity contribution in [3.05, 3.63) is 99.6 Å². The van der Waals surface area contributed by atoms with E-state index in [-0.39, 0.29) is 47.1 Å². The molecule has 6 atom stereocenters. The number of amides is 1. The lowest BCUT2D eigenvalue weighted by Gasteiger charge is -2.51. The SMILES string of the molecule is C[C@@H]1[C@H]2C[C@@H]3N(CC[C@@]34C(=O)N(Cc3cc(C(F)(F)F)cc(C(F)(F)F)c3)c3ccccc34)C[C@@H]2CC[C@@H]1OCc1cc(C(F)(F)F)cc(C(F)(F)F)c1. The molecule has 292 valence electrons. The summed E-state index contributed by atoms with van der Waals surface area (Å²) in [6.45, 7) is 2.03. The van der Waals surface area contributed by atoms with E-state index in [1.807, 2.05) is 6.92 Å². The Bertz CT molecular complexity index is 1860. The fourth-order valence-corrected chi connectivity index (χ4v) is 9.38. The van der Waals surface area contributed by atoms with Crippen molar-refractivity contribution in [1.29, 1.82) is 0 Å². The van der Waals surface area contributed by atoms with Gasteiger partial charge in [0.25, 0.3) is 0 Å². The van der Waals surface area contributed by atoms with Crippen molar-refractivity contribution < 1.29 is 62.2 Å². The van der Waals surface area contributed by atoms with Crippen LogP contribution in [0.25, 0.3) is 0 Å². The molecule has 3 fully saturated rings. The number of anilines is 1. The van der Waals surface area contributed by atoms with E-state index in [2.05, 4.69) is 4.90 Å². The number of alkyl halides is 12. The van der Waals surface area contributed by atoms with Crippen molar-refractivity contribution >= 4 is 11.6 Å². The standard InChI is InChI=1S/C38H34F12N2O2/c1-20-28-16-32-34(29-4-2-3-5-30(29)52(33(34)53)17-21-10-24(35(39,40)41)14-25(11-21)36(42,43)44)8-9-51(32)18-23(28)6-7-31(20)54-19-22-12-26(37(45,46)47)15-27(13-22)38(48,49)50/h2-5,10-15,20,23,28,31-32H,6-9,16-19H2,1H3/t20-,23+,28-,31+,32+,34+/m1/s1. The number of benzene rings is 3. The minimum atomic E-state index is -5.06. The Morgan fingerprint density at radius 2 is 1.28 bits per heavy atom. The van der Waals surface area contributed by atoms with Crippen molar-refractivity contribution in [1.82, 2.24) is 4.90 Å². The summed E-state index contributed by atoms with van der Waals surface area (Å²) in [6.07, 6.45) is -18.6. The molecular weight excluding hydrogens is 744 g/mol. The molecule has 1 aliphatic carbocycles. The maximum atomic E-state index is 14.6. The second-order valence-corrected chi connectivity index (χ2v) is 14.9. The molecule has 54 heavy (non-hydrogen) atoms. The molecule has 4 aliphatic rings. The number of halogens is 12. The molecular formula is C38H34F12N2O2. The summed E-state index contributed by atoms with van der Waals surface area (Å²) in [5.74, 6) is -0.531. The Morgan fingerprint density at radius 3 is 1.83 bits per heavy atom. The van der Waals surface area contributed by atoms with Crippen LogP contribution in [-0.2, 0) is 52.8 Å². The average molecular weight is 779 g/mol. The molecule has 0 bridgehead atoms. The van der Waals surface area contributed by atoms with E-state index in [0.29, 0.717) is 74.3 Å². The Labute approximate surface area is 302 Å². The summed E-state index contributed by atoms with van der Waals surface area (Å²) in [7, 11) is 0. The van der Waals surface area contributed by atoms with Crippen LogP contribution in [0.3, 0.4) is 0 Å². The lowest BCUT2D eigenvalue weighted by molar-refractivity contribution is -0.144. The molecule has 7 rings (SSSR count). The van der Waals surface area contributed by atoms with Crippen molar-refractivity contribution in [3.63, 3.8) is 0 Å². The summed E-state index contributed by atoms with van der Waals surface area (Å²) in [5, 5.41) is 0. The summed E-state index contributed by atoms with van der Waals surface area (Å²) in [5.41, 5.74) is -6.55. The van der Waals surface area contributed by atoms with E-state index < -0.39 is 77.5 Å². The third-order valence-electron chi connectivity index (χ3n) is 11.9. The van der Waals surface area contributed by atoms with Crippen molar-refractivity contribution in [2.75, 3.05) is 18.0 Å². The number of carbonyl (C=O) groups is 1. The van der Waals surface area contributed by atoms with Crippen molar-refractivity contribution in [2.45, 2.75) is 88.0 Å². The summed E-state index contributed by atoms with van der Waals surface area (Å²) < 4.78 is 169. The van der Waals surface area contributed by atoms with Crippen LogP contribution in [0.15, 0.2) is 60.7 Å². The lowest BCUT2D eigenvalue weighted by atomic mass is 9.62. The van der Waals surface area contributed by atoms with Gasteiger partial charge in [0.05, 0.1) is 46.9 Å². The van der Waals surface area contributed by atoms with Gasteiger partial charge in [0.15, 0.2) is 0 Å². The van der Waals surface area contributed by atoms with Gasteiger partial charge < -0.3 is 9.64 Å². The van der Waals surface area contributed by atoms with Crippen LogP contribution in [0.1, 0.15) is 71.6 Å². The van der Waals surface area contributed by atoms with Gasteiger partial charge >= 0.3 is 24.7 Å². The Balaban J connectivity index is 1.14. The number of rotatable bonds is 5. The minimum Gasteiger partial charge on any atom is -0.373 e. The van der Waals surface area contributed by atoms with Crippen LogP contribution < -0.4 is 4.90 Å². The molecule has 3 aliphatic heterocycles. The number of hydrogen-bond donors (Lipinski definition) is 0. The fourth-order valence-electron chi connectivity index (χ4n) is 9.38. The van der Waals surface area contributed by atoms with Crippen molar-refractivity contribution in [2.24, 2.45) is 17.8 Å². The van der Waals surface area contributed by atoms with Gasteiger partial charge in [0.2, 0.25) is 5.91 Å². The van der Waals surface area contributed by atoms with E-state index in [1.54, 1.807) is 24.3 Å². The number of carbonyl (C=O) groups excluding carboxylic acids is 1. The zero-order valence-corrected chi connectivity index (χ0v) is 28.6. The third kappa shape index (κ3) is 6.85. The maximum Gasteiger partial charge on any atom is 0.416 e. The van der Waals surface area contributed by atoms with Gasteiger partial charge in [-0.15, -0.1) is 0 Å². The van der Waals surface area contributed by atoms with Gasteiger partial charge in [-0.1, -0.05) is 25.1 Å². The van der Waals surface area contributed by atoms with E-state index in [4.69, 9.17) is 4.74 Å². The van der Waals surface area contributed by atoms with E-state index in [0.717, 1.165) is 0 Å². The van der Waals surface area contributed by atoms with E-state index >= 15 is 0 Å². The lowest BCUT2D eigenvalue weighted by Crippen LogP contribution is -2.57. The summed E-state index contributed by atoms with van der Waals surface area (Å²) >= 11 is 0. The number of ether oxygens (including phenoxy) is 1. The molecule has 1 amide bonds. The van der Waals surface area contributed by atoms with Crippen LogP contribution in [0.5, 0.6) is 0 Å². The van der Waals surface area contributed by atoms with Gasteiger partial charge in [-0.3, -0.25) is 9.69 Å². The van der Waals surface area contributed by atoms with E-state index in [9.17, 15) is 57.5 Å². The van der Waals surface area contributed by atoms with Gasteiger partial charge in [-0.2, -0.15) is 52.7 Å². The molecule has 3 aromatic carbocycles. The molecule has 2 saturated heterocycles. The Hall–Kier alpha value is -3.79. The molecule has 1 saturated carbocycles. The molecule has 0 radical (unpaired) electrons. The smallest absolute Gasteiger partial charge is 0.373 e. The number of para-hydroxylation sites is 1. The van der Waals surface area contributed by atoms with Crippen LogP contribution in [0, 0.1) is 17.8 Å². The van der Waals surface area contributed by atoms with Gasteiger partial charge in [0, 0.05) is 18.3 Å². The number of hydrogen-bond acceptors (Lipinski definition) is 3. The second-order valence-electron chi connectivity index (χ2n) is 14.9. The number of fused-ring (bicyclic) bond motifs is 5. The Kier molecular flexibility index (Phi) is 9.38. The minimum absolute atomic E-state index is 0.0414. The van der Waals surface area contributed by atoms with Crippen LogP contribution in [-0.4, -0.2) is 36.0 Å². The maximum absolute atomic E-state index is 14.6. The molecule has 16 heteroatoms. The summed E-state index contributed by atoms with van der Waals surface area (Å²) in [4.78, 5) is 18.1. The molecule has 4 nitrogen and oxygen atoms in total. The van der Waals surface area contributed by atoms with Crippen molar-refractivity contribution in [3.8, 4) is 0 Å². The monoisotopic (exact) mass is 778 g/mol. The molecule has 1 spiro atoms. The third-order valence-corrected chi connectivity index (χ3v) is 11.9. The fraction of sp³-hybridized carbons (Fsp3) is 0.500. The highest BCUT2D eigenvalue weighted by atomic mass is 19.4. The van der Waals surface area contributed by atoms with Crippen LogP contribution in [0.2, 0.25) is 0 Å². The Morgan fingerprint density at radius 1 is 0.741 bits per heavy atom. The first-order valence-electron chi connectivity index (χ1n) is 17.4. The quantitative estimate of drug-likeness (QED) is 0.242. The number of nitrogens with zero attached hydrogens (tertiary/aromatic N) is 2. The first kappa shape index (κ1) is 38.5. The average Bonchev–Trinajstić information content (AvgIpc) is 3.57. The second kappa shape index (κ2) is 13.2. The highest BCUT2D eigenvalue weighted by Crippen LogP contribution is 2.56. The van der Waals surface area contributed by atoms with Gasteiger partial charge in [-0.05, 0) is 109 Å². The predicted molar refractivity (Wildman–Crippen MR) is 171 cm³/mol. The number of piperidine rings is 1. The summed E-state index contributed by atoms with van der Waals surface area (Å²) in [6, 6.07) is 9.00. The zero-order valence-electron chi connectivity index (χ0n) is 28.6. The van der Waals surface area contributed by atoms with Crippen LogP contribution >= 0.6 is 0 Å². The molecule has 3 aromatic rings. The molecule has 0 N–H and O–H groups in total. The van der Waals surface area contributed by atoms with Gasteiger partial charge in [-0.25, -0.2) is 0 Å². The normalized spacial score (nSPS) is 27.7. The molecule has 0 unspecified atom stereocenters. The largest absolute Gasteiger partial charge is 0.416 e. The first-order chi connectivity index (χ1) is 25.1. The highest BCUT2D eigenvalue weighted by Gasteiger charge is 2.62. The van der Waals surface area contributed by atoms with E-state index in [1.165, 1.54) is 4.90 Å². The topological polar surface area (TPSA) is 32.8 Å². The highest BCUT2D eigenvalue weighted by molar-refractivity contribution is 6.09.